The molecule has 1 heterocycles. The van der Waals surface area contributed by atoms with Crippen molar-refractivity contribution in [2.45, 2.75) is 31.1 Å². The van der Waals surface area contributed by atoms with Gasteiger partial charge in [-0.1, -0.05) is 18.2 Å². The summed E-state index contributed by atoms with van der Waals surface area (Å²) >= 11 is 0. The van der Waals surface area contributed by atoms with Crippen LogP contribution in [0.2, 0.25) is 0 Å². The predicted molar refractivity (Wildman–Crippen MR) is 127 cm³/mol. The van der Waals surface area contributed by atoms with Crippen LogP contribution in [0.15, 0.2) is 69.0 Å². The van der Waals surface area contributed by atoms with Gasteiger partial charge in [-0.15, -0.1) is 0 Å². The van der Waals surface area contributed by atoms with Crippen molar-refractivity contribution in [2.75, 3.05) is 6.61 Å². The number of amides is 2. The van der Waals surface area contributed by atoms with E-state index in [2.05, 4.69) is 20.8 Å². The van der Waals surface area contributed by atoms with E-state index in [1.807, 2.05) is 6.07 Å². The molecule has 2 amide bonds. The van der Waals surface area contributed by atoms with E-state index in [9.17, 15) is 22.4 Å². The summed E-state index contributed by atoms with van der Waals surface area (Å²) in [6.07, 6.45) is 1.62. The lowest BCUT2D eigenvalue weighted by Gasteiger charge is -2.14. The SMILES string of the molecule is Cc1c(C(=O)NNC(=O)COc2ccccc2)oc2c1/C(=N/NS(=O)(=O)c1ccc(F)cc1)CCC2. The number of nitrogens with one attached hydrogen (secondary N) is 3. The molecule has 0 aliphatic heterocycles. The molecule has 0 spiro atoms. The molecule has 0 bridgehead atoms. The van der Waals surface area contributed by atoms with Crippen LogP contribution in [0.4, 0.5) is 4.39 Å². The maximum atomic E-state index is 13.1. The zero-order valence-corrected chi connectivity index (χ0v) is 20.0. The number of para-hydroxylation sites is 1. The monoisotopic (exact) mass is 514 g/mol. The molecule has 3 N–H and O–H groups in total. The first kappa shape index (κ1) is 24.9. The fourth-order valence-corrected chi connectivity index (χ4v) is 4.49. The summed E-state index contributed by atoms with van der Waals surface area (Å²) in [4.78, 5) is 26.7. The number of hydrogen-bond donors (Lipinski definition) is 3. The molecule has 0 atom stereocenters. The second-order valence-electron chi connectivity index (χ2n) is 7.92. The molecule has 1 aliphatic rings. The second kappa shape index (κ2) is 10.6. The van der Waals surface area contributed by atoms with E-state index in [0.29, 0.717) is 47.6 Å². The minimum Gasteiger partial charge on any atom is -0.484 e. The van der Waals surface area contributed by atoms with Crippen molar-refractivity contribution in [3.05, 3.63) is 83.1 Å². The molecule has 12 heteroatoms. The highest BCUT2D eigenvalue weighted by Crippen LogP contribution is 2.30. The minimum absolute atomic E-state index is 0.0275. The molecule has 0 saturated carbocycles. The van der Waals surface area contributed by atoms with Gasteiger partial charge in [-0.25, -0.2) is 4.39 Å². The van der Waals surface area contributed by atoms with E-state index in [1.165, 1.54) is 0 Å². The average Bonchev–Trinajstić information content (AvgIpc) is 3.22. The van der Waals surface area contributed by atoms with Crippen LogP contribution >= 0.6 is 0 Å². The summed E-state index contributed by atoms with van der Waals surface area (Å²) in [5.41, 5.74) is 5.95. The Morgan fingerprint density at radius 1 is 1.06 bits per heavy atom. The van der Waals surface area contributed by atoms with Crippen LogP contribution < -0.4 is 20.4 Å². The number of hydrazine groups is 1. The Balaban J connectivity index is 1.43. The van der Waals surface area contributed by atoms with Crippen molar-refractivity contribution in [3.63, 3.8) is 0 Å². The Morgan fingerprint density at radius 2 is 1.78 bits per heavy atom. The lowest BCUT2D eigenvalue weighted by Crippen LogP contribution is -2.43. The predicted octanol–water partition coefficient (Wildman–Crippen LogP) is 2.59. The van der Waals surface area contributed by atoms with Crippen molar-refractivity contribution in [3.8, 4) is 5.75 Å². The maximum Gasteiger partial charge on any atom is 0.305 e. The van der Waals surface area contributed by atoms with Gasteiger partial charge < -0.3 is 9.15 Å². The third kappa shape index (κ3) is 5.71. The summed E-state index contributed by atoms with van der Waals surface area (Å²) in [5, 5.41) is 4.06. The Labute approximate surface area is 206 Å². The molecular formula is C24H23FN4O6S. The third-order valence-corrected chi connectivity index (χ3v) is 6.61. The second-order valence-corrected chi connectivity index (χ2v) is 9.58. The largest absolute Gasteiger partial charge is 0.484 e. The quantitative estimate of drug-likeness (QED) is 0.414. The number of carbonyl (C=O) groups is 2. The van der Waals surface area contributed by atoms with Gasteiger partial charge in [0.15, 0.2) is 12.4 Å². The van der Waals surface area contributed by atoms with Crippen LogP contribution in [0.25, 0.3) is 0 Å². The molecule has 36 heavy (non-hydrogen) atoms. The fourth-order valence-electron chi connectivity index (χ4n) is 3.66. The van der Waals surface area contributed by atoms with Crippen molar-refractivity contribution in [2.24, 2.45) is 5.10 Å². The maximum absolute atomic E-state index is 13.1. The molecule has 1 aliphatic carbocycles. The van der Waals surface area contributed by atoms with Gasteiger partial charge in [-0.3, -0.25) is 20.4 Å². The van der Waals surface area contributed by atoms with Crippen molar-refractivity contribution in [1.82, 2.24) is 15.7 Å². The van der Waals surface area contributed by atoms with E-state index in [1.54, 1.807) is 31.2 Å². The molecule has 0 saturated heterocycles. The molecule has 0 unspecified atom stereocenters. The number of aryl methyl sites for hydroxylation is 1. The summed E-state index contributed by atoms with van der Waals surface area (Å²) in [6.45, 7) is 1.34. The van der Waals surface area contributed by atoms with E-state index in [0.717, 1.165) is 24.3 Å². The molecule has 1 aromatic heterocycles. The average molecular weight is 515 g/mol. The molecule has 0 fully saturated rings. The van der Waals surface area contributed by atoms with Gasteiger partial charge in [0.05, 0.1) is 10.6 Å². The number of fused-ring (bicyclic) bond motifs is 1. The van der Waals surface area contributed by atoms with E-state index < -0.39 is 27.7 Å². The first-order valence-corrected chi connectivity index (χ1v) is 12.5. The Kier molecular flexibility index (Phi) is 7.34. The number of ether oxygens (including phenoxy) is 1. The molecule has 0 radical (unpaired) electrons. The van der Waals surface area contributed by atoms with Gasteiger partial charge in [-0.05, 0) is 56.2 Å². The Hall–Kier alpha value is -4.19. The zero-order valence-electron chi connectivity index (χ0n) is 19.2. The minimum atomic E-state index is -4.02. The zero-order chi connectivity index (χ0) is 25.7. The van der Waals surface area contributed by atoms with Crippen LogP contribution in [0, 0.1) is 12.7 Å². The summed E-state index contributed by atoms with van der Waals surface area (Å²) in [5.74, 6) is -0.838. The van der Waals surface area contributed by atoms with E-state index >= 15 is 0 Å². The van der Waals surface area contributed by atoms with Gasteiger partial charge in [-0.2, -0.15) is 18.4 Å². The number of hydrogen-bond acceptors (Lipinski definition) is 7. The van der Waals surface area contributed by atoms with E-state index in [-0.39, 0.29) is 17.3 Å². The van der Waals surface area contributed by atoms with Crippen LogP contribution in [0.5, 0.6) is 5.75 Å². The van der Waals surface area contributed by atoms with Crippen LogP contribution in [0.1, 0.15) is 40.3 Å². The number of rotatable bonds is 7. The van der Waals surface area contributed by atoms with Gasteiger partial charge in [0.2, 0.25) is 0 Å². The number of sulfonamides is 1. The number of carbonyl (C=O) groups excluding carboxylic acids is 2. The lowest BCUT2D eigenvalue weighted by molar-refractivity contribution is -0.123. The fraction of sp³-hybridized carbons (Fsp3) is 0.208. The third-order valence-electron chi connectivity index (χ3n) is 5.39. The van der Waals surface area contributed by atoms with Crippen molar-refractivity contribution in [1.29, 1.82) is 0 Å². The topological polar surface area (TPSA) is 139 Å². The molecule has 10 nitrogen and oxygen atoms in total. The highest BCUT2D eigenvalue weighted by Gasteiger charge is 2.28. The Morgan fingerprint density at radius 3 is 2.50 bits per heavy atom. The van der Waals surface area contributed by atoms with Crippen molar-refractivity contribution >= 4 is 27.5 Å². The highest BCUT2D eigenvalue weighted by molar-refractivity contribution is 7.89. The van der Waals surface area contributed by atoms with Crippen molar-refractivity contribution < 1.29 is 31.6 Å². The summed E-state index contributed by atoms with van der Waals surface area (Å²) < 4.78 is 49.2. The number of nitrogens with zero attached hydrogens (tertiary/aromatic N) is 1. The smallest absolute Gasteiger partial charge is 0.305 e. The number of hydrazone groups is 1. The Bertz CT molecular complexity index is 1400. The van der Waals surface area contributed by atoms with Gasteiger partial charge in [0.1, 0.15) is 17.3 Å². The number of furan rings is 1. The van der Waals surface area contributed by atoms with Gasteiger partial charge >= 0.3 is 5.91 Å². The first-order valence-electron chi connectivity index (χ1n) is 11.0. The molecule has 3 aromatic rings. The van der Waals surface area contributed by atoms with Crippen LogP contribution in [-0.2, 0) is 21.2 Å². The lowest BCUT2D eigenvalue weighted by atomic mass is 9.93. The molecule has 2 aromatic carbocycles. The van der Waals surface area contributed by atoms with Gasteiger partial charge in [0, 0.05) is 17.5 Å². The number of halogens is 1. The standard InChI is InChI=1S/C24H23FN4O6S/c1-15-22-19(26-29-36(32,33)18-12-10-16(25)11-13-18)8-5-9-20(22)35-23(15)24(31)28-27-21(30)14-34-17-6-3-2-4-7-17/h2-4,6-7,10-13,29H,5,8-9,14H2,1H3,(H,27,30)(H,28,31)/b26-19+. The first-order chi connectivity index (χ1) is 17.2. The van der Waals surface area contributed by atoms with E-state index in [4.69, 9.17) is 9.15 Å². The summed E-state index contributed by atoms with van der Waals surface area (Å²) in [7, 11) is -4.02. The molecular weight excluding hydrogens is 491 g/mol. The highest BCUT2D eigenvalue weighted by atomic mass is 32.2. The molecule has 188 valence electrons. The summed E-state index contributed by atoms with van der Waals surface area (Å²) in [6, 6.07) is 13.1. The number of benzene rings is 2. The van der Waals surface area contributed by atoms with Crippen LogP contribution in [0.3, 0.4) is 0 Å². The normalized spacial score (nSPS) is 14.1. The van der Waals surface area contributed by atoms with Crippen LogP contribution in [-0.4, -0.2) is 32.6 Å². The molecule has 4 rings (SSSR count). The van der Waals surface area contributed by atoms with Gasteiger partial charge in [0.25, 0.3) is 15.9 Å².